The van der Waals surface area contributed by atoms with Crippen LogP contribution < -0.4 is 0 Å². The number of cyclic esters (lactones) is 1. The average Bonchev–Trinajstić information content (AvgIpc) is 3.26. The minimum absolute atomic E-state index is 0.186. The van der Waals surface area contributed by atoms with Crippen molar-refractivity contribution in [3.63, 3.8) is 0 Å². The smallest absolute Gasteiger partial charge is 0.322 e. The number of ether oxygens (including phenoxy) is 1. The lowest BCUT2D eigenvalue weighted by atomic mass is 9.92. The maximum atomic E-state index is 11.9. The van der Waals surface area contributed by atoms with Crippen LogP contribution in [0, 0.1) is 11.8 Å². The van der Waals surface area contributed by atoms with E-state index in [1.54, 1.807) is 25.5 Å². The van der Waals surface area contributed by atoms with Gasteiger partial charge in [-0.05, 0) is 95.8 Å². The van der Waals surface area contributed by atoms with Crippen molar-refractivity contribution in [3.05, 3.63) is 47.6 Å². The first-order valence-electron chi connectivity index (χ1n) is 11.0. The standard InChI is InChI=1S/C25H36O5/c1-18(8-5-9-19(2)16-22-23(26)20(3)24(27)30-22)10-6-13-25(4,28)14-7-11-21-12-15-29-17-21/h10,12,15-17,19-20,28H,5-9,11,13-14H2,1-4H3/b18-10+,22-16-/t19-,20?,25?/m0/s1. The summed E-state index contributed by atoms with van der Waals surface area (Å²) in [5.74, 6) is -0.932. The lowest BCUT2D eigenvalue weighted by Crippen LogP contribution is -2.23. The van der Waals surface area contributed by atoms with Crippen molar-refractivity contribution in [1.82, 2.24) is 0 Å². The van der Waals surface area contributed by atoms with Crippen molar-refractivity contribution < 1.29 is 23.8 Å². The van der Waals surface area contributed by atoms with Gasteiger partial charge in [-0.3, -0.25) is 9.59 Å². The third-order valence-corrected chi connectivity index (χ3v) is 5.80. The molecule has 5 nitrogen and oxygen atoms in total. The molecule has 5 heteroatoms. The van der Waals surface area contributed by atoms with Gasteiger partial charge < -0.3 is 14.3 Å². The van der Waals surface area contributed by atoms with E-state index >= 15 is 0 Å². The van der Waals surface area contributed by atoms with Crippen molar-refractivity contribution >= 4 is 11.8 Å². The Hall–Kier alpha value is -2.14. The molecule has 2 heterocycles. The summed E-state index contributed by atoms with van der Waals surface area (Å²) in [6, 6.07) is 1.97. The number of ketones is 1. The fraction of sp³-hybridized carbons (Fsp3) is 0.600. The van der Waals surface area contributed by atoms with E-state index in [0.29, 0.717) is 0 Å². The fourth-order valence-electron chi connectivity index (χ4n) is 3.69. The normalized spacial score (nSPS) is 21.7. The molecule has 30 heavy (non-hydrogen) atoms. The molecular formula is C25H36O5. The molecule has 0 radical (unpaired) electrons. The van der Waals surface area contributed by atoms with Gasteiger partial charge in [0.05, 0.1) is 18.1 Å². The van der Waals surface area contributed by atoms with E-state index in [0.717, 1.165) is 51.4 Å². The van der Waals surface area contributed by atoms with Gasteiger partial charge in [0.1, 0.15) is 5.92 Å². The summed E-state index contributed by atoms with van der Waals surface area (Å²) in [5.41, 5.74) is 1.85. The second-order valence-electron chi connectivity index (χ2n) is 8.98. The Morgan fingerprint density at radius 3 is 2.70 bits per heavy atom. The van der Waals surface area contributed by atoms with E-state index < -0.39 is 17.5 Å². The van der Waals surface area contributed by atoms with Gasteiger partial charge in [0.2, 0.25) is 5.78 Å². The quantitative estimate of drug-likeness (QED) is 0.210. The molecule has 1 aromatic heterocycles. The summed E-state index contributed by atoms with van der Waals surface area (Å²) >= 11 is 0. The first-order chi connectivity index (χ1) is 14.2. The van der Waals surface area contributed by atoms with Crippen LogP contribution in [-0.4, -0.2) is 22.5 Å². The SMILES string of the molecule is C/C(=C\CCC(C)(O)CCCc1ccoc1)CCC[C@H](C)/C=C1\OC(=O)C(C)C1=O. The monoisotopic (exact) mass is 416 g/mol. The first-order valence-corrected chi connectivity index (χ1v) is 11.0. The topological polar surface area (TPSA) is 76.7 Å². The highest BCUT2D eigenvalue weighted by Gasteiger charge is 2.36. The van der Waals surface area contributed by atoms with Gasteiger partial charge in [0, 0.05) is 0 Å². The number of carbonyl (C=O) groups is 2. The molecule has 0 spiro atoms. The zero-order chi connectivity index (χ0) is 22.1. The van der Waals surface area contributed by atoms with Crippen molar-refractivity contribution in [2.45, 2.75) is 84.7 Å². The number of furan rings is 1. The van der Waals surface area contributed by atoms with Crippen LogP contribution in [0.5, 0.6) is 0 Å². The largest absolute Gasteiger partial charge is 0.472 e. The summed E-state index contributed by atoms with van der Waals surface area (Å²) in [4.78, 5) is 23.4. The average molecular weight is 417 g/mol. The highest BCUT2D eigenvalue weighted by Crippen LogP contribution is 2.24. The number of esters is 1. The van der Waals surface area contributed by atoms with Crippen LogP contribution in [0.15, 0.2) is 46.5 Å². The lowest BCUT2D eigenvalue weighted by molar-refractivity contribution is -0.138. The van der Waals surface area contributed by atoms with E-state index in [9.17, 15) is 14.7 Å². The van der Waals surface area contributed by atoms with Crippen LogP contribution in [0.25, 0.3) is 0 Å². The Kier molecular flexibility index (Phi) is 9.09. The van der Waals surface area contributed by atoms with Gasteiger partial charge in [-0.25, -0.2) is 0 Å². The number of hydrogen-bond acceptors (Lipinski definition) is 5. The lowest BCUT2D eigenvalue weighted by Gasteiger charge is -2.22. The van der Waals surface area contributed by atoms with Gasteiger partial charge in [-0.1, -0.05) is 18.6 Å². The Bertz CT molecular complexity index is 755. The molecule has 0 bridgehead atoms. The van der Waals surface area contributed by atoms with Crippen LogP contribution in [0.4, 0.5) is 0 Å². The molecular weight excluding hydrogens is 380 g/mol. The molecule has 0 saturated carbocycles. The fourth-order valence-corrected chi connectivity index (χ4v) is 3.69. The van der Waals surface area contributed by atoms with Crippen LogP contribution >= 0.6 is 0 Å². The second-order valence-corrected chi connectivity index (χ2v) is 8.98. The number of Topliss-reactive ketones (excluding diaryl/α,β-unsaturated/α-hetero) is 1. The summed E-state index contributed by atoms with van der Waals surface area (Å²) in [5, 5.41) is 10.6. The third kappa shape index (κ3) is 7.94. The van der Waals surface area contributed by atoms with Gasteiger partial charge >= 0.3 is 5.97 Å². The van der Waals surface area contributed by atoms with Crippen molar-refractivity contribution in [1.29, 1.82) is 0 Å². The predicted octanol–water partition coefficient (Wildman–Crippen LogP) is 5.53. The second kappa shape index (κ2) is 11.3. The van der Waals surface area contributed by atoms with E-state index in [-0.39, 0.29) is 17.5 Å². The van der Waals surface area contributed by atoms with E-state index in [2.05, 4.69) is 13.0 Å². The van der Waals surface area contributed by atoms with Gasteiger partial charge in [0.15, 0.2) is 5.76 Å². The van der Waals surface area contributed by atoms with E-state index in [1.165, 1.54) is 11.1 Å². The van der Waals surface area contributed by atoms with Gasteiger partial charge in [-0.2, -0.15) is 0 Å². The van der Waals surface area contributed by atoms with Crippen molar-refractivity contribution in [2.24, 2.45) is 11.8 Å². The van der Waals surface area contributed by atoms with E-state index in [1.807, 2.05) is 19.9 Å². The highest BCUT2D eigenvalue weighted by molar-refractivity contribution is 6.12. The molecule has 2 rings (SSSR count). The Balaban J connectivity index is 1.63. The Morgan fingerprint density at radius 2 is 2.07 bits per heavy atom. The highest BCUT2D eigenvalue weighted by atomic mass is 16.5. The summed E-state index contributed by atoms with van der Waals surface area (Å²) < 4.78 is 10.1. The minimum atomic E-state index is -0.670. The molecule has 1 saturated heterocycles. The van der Waals surface area contributed by atoms with Crippen molar-refractivity contribution in [2.75, 3.05) is 0 Å². The molecule has 1 aromatic rings. The Labute approximate surface area is 180 Å². The molecule has 1 N–H and O–H groups in total. The molecule has 0 aliphatic carbocycles. The zero-order valence-electron chi connectivity index (χ0n) is 18.8. The molecule has 1 fully saturated rings. The maximum absolute atomic E-state index is 11.9. The number of carbonyl (C=O) groups excluding carboxylic acids is 2. The Morgan fingerprint density at radius 1 is 1.30 bits per heavy atom. The molecule has 166 valence electrons. The van der Waals surface area contributed by atoms with E-state index in [4.69, 9.17) is 9.15 Å². The number of hydrogen-bond donors (Lipinski definition) is 1. The molecule has 2 unspecified atom stereocenters. The van der Waals surface area contributed by atoms with Gasteiger partial charge in [0.25, 0.3) is 0 Å². The summed E-state index contributed by atoms with van der Waals surface area (Å²) in [6.07, 6.45) is 14.6. The number of allylic oxidation sites excluding steroid dienone is 4. The molecule has 3 atom stereocenters. The third-order valence-electron chi connectivity index (χ3n) is 5.80. The minimum Gasteiger partial charge on any atom is -0.472 e. The number of rotatable bonds is 12. The van der Waals surface area contributed by atoms with Crippen LogP contribution in [0.2, 0.25) is 0 Å². The zero-order valence-corrected chi connectivity index (χ0v) is 18.8. The van der Waals surface area contributed by atoms with Crippen LogP contribution in [0.1, 0.15) is 78.2 Å². The maximum Gasteiger partial charge on any atom is 0.322 e. The number of aliphatic hydroxyl groups is 1. The first kappa shape index (κ1) is 24.1. The molecule has 0 aromatic carbocycles. The molecule has 0 amide bonds. The molecule has 1 aliphatic heterocycles. The number of aryl methyl sites for hydroxylation is 1. The van der Waals surface area contributed by atoms with Crippen molar-refractivity contribution in [3.8, 4) is 0 Å². The van der Waals surface area contributed by atoms with Gasteiger partial charge in [-0.15, -0.1) is 0 Å². The summed E-state index contributed by atoms with van der Waals surface area (Å²) in [6.45, 7) is 7.66. The van der Waals surface area contributed by atoms with Crippen LogP contribution in [-0.2, 0) is 20.7 Å². The van der Waals surface area contributed by atoms with Crippen LogP contribution in [0.3, 0.4) is 0 Å². The summed E-state index contributed by atoms with van der Waals surface area (Å²) in [7, 11) is 0. The molecule has 1 aliphatic rings. The predicted molar refractivity (Wildman–Crippen MR) is 117 cm³/mol.